The molecule has 0 aliphatic heterocycles. The number of fused-ring (bicyclic) bond motifs is 2. The van der Waals surface area contributed by atoms with Crippen molar-refractivity contribution in [1.82, 2.24) is 19.9 Å². The summed E-state index contributed by atoms with van der Waals surface area (Å²) in [6.07, 6.45) is 1.96. The van der Waals surface area contributed by atoms with Gasteiger partial charge in [0, 0.05) is 35.1 Å². The van der Waals surface area contributed by atoms with Crippen LogP contribution in [-0.2, 0) is 11.3 Å². The summed E-state index contributed by atoms with van der Waals surface area (Å²) in [7, 11) is 3.21. The first kappa shape index (κ1) is 22.3. The molecule has 0 aliphatic rings. The molecule has 0 radical (unpaired) electrons. The van der Waals surface area contributed by atoms with Gasteiger partial charge in [-0.25, -0.2) is 4.79 Å². The summed E-state index contributed by atoms with van der Waals surface area (Å²) < 4.78 is 12.7. The summed E-state index contributed by atoms with van der Waals surface area (Å²) in [5, 5.41) is 4.09. The van der Waals surface area contributed by atoms with Gasteiger partial charge in [-0.2, -0.15) is 0 Å². The van der Waals surface area contributed by atoms with E-state index >= 15 is 0 Å². The number of benzene rings is 3. The molecular formula is C27H26N4O4. The Kier molecular flexibility index (Phi) is 6.01. The van der Waals surface area contributed by atoms with E-state index in [9.17, 15) is 9.59 Å². The summed E-state index contributed by atoms with van der Waals surface area (Å²) >= 11 is 0. The molecule has 8 heteroatoms. The van der Waals surface area contributed by atoms with Crippen molar-refractivity contribution in [2.75, 3.05) is 20.8 Å². The molecule has 2 heterocycles. The average molecular weight is 471 g/mol. The van der Waals surface area contributed by atoms with Crippen molar-refractivity contribution in [1.29, 1.82) is 0 Å². The highest BCUT2D eigenvalue weighted by Crippen LogP contribution is 2.40. The van der Waals surface area contributed by atoms with Gasteiger partial charge in [0.15, 0.2) is 11.5 Å². The van der Waals surface area contributed by atoms with E-state index in [4.69, 9.17) is 9.47 Å². The topological polar surface area (TPSA) is 101 Å². The molecule has 1 atom stereocenters. The molecule has 2 aromatic heterocycles. The van der Waals surface area contributed by atoms with Gasteiger partial charge in [-0.3, -0.25) is 9.36 Å². The van der Waals surface area contributed by atoms with E-state index in [0.717, 1.165) is 22.0 Å². The second kappa shape index (κ2) is 9.42. The Labute approximate surface area is 201 Å². The Morgan fingerprint density at radius 2 is 1.71 bits per heavy atom. The van der Waals surface area contributed by atoms with Crippen molar-refractivity contribution >= 4 is 27.8 Å². The molecule has 0 spiro atoms. The third-order valence-corrected chi connectivity index (χ3v) is 6.29. The number of rotatable bonds is 8. The molecule has 1 amide bonds. The summed E-state index contributed by atoms with van der Waals surface area (Å²) in [6.45, 7) is 0.222. The van der Waals surface area contributed by atoms with Crippen LogP contribution in [0.15, 0.2) is 77.7 Å². The molecular weight excluding hydrogens is 444 g/mol. The highest BCUT2D eigenvalue weighted by Gasteiger charge is 2.24. The largest absolute Gasteiger partial charge is 0.493 e. The standard InChI is InChI=1S/C27H26N4O4/c1-34-24-13-7-9-18(26(24)35-2)20(19-14-28-21-10-4-3-8-17(19)21)15-29-25(32)16-31-23-12-6-5-11-22(23)30-27(31)33/h3-14,20,28H,15-16H2,1-2H3,(H,29,32)(H,30,33). The zero-order valence-corrected chi connectivity index (χ0v) is 19.5. The number of carbonyl (C=O) groups is 1. The highest BCUT2D eigenvalue weighted by molar-refractivity contribution is 5.85. The minimum atomic E-state index is -0.316. The van der Waals surface area contributed by atoms with Crippen molar-refractivity contribution in [3.05, 3.63) is 94.5 Å². The van der Waals surface area contributed by atoms with Gasteiger partial charge in [-0.05, 0) is 29.8 Å². The zero-order chi connectivity index (χ0) is 24.4. The number of hydrogen-bond acceptors (Lipinski definition) is 4. The maximum atomic E-state index is 13.0. The van der Waals surface area contributed by atoms with E-state index in [-0.39, 0.29) is 24.1 Å². The lowest BCUT2D eigenvalue weighted by Gasteiger charge is -2.22. The van der Waals surface area contributed by atoms with Gasteiger partial charge in [-0.15, -0.1) is 0 Å². The lowest BCUT2D eigenvalue weighted by atomic mass is 9.90. The fourth-order valence-corrected chi connectivity index (χ4v) is 4.64. The zero-order valence-electron chi connectivity index (χ0n) is 19.5. The van der Waals surface area contributed by atoms with E-state index in [0.29, 0.717) is 29.1 Å². The molecule has 0 saturated heterocycles. The number of ether oxygens (including phenoxy) is 2. The van der Waals surface area contributed by atoms with Crippen molar-refractivity contribution < 1.29 is 14.3 Å². The summed E-state index contributed by atoms with van der Waals surface area (Å²) in [5.41, 5.74) is 3.99. The van der Waals surface area contributed by atoms with Gasteiger partial charge in [0.1, 0.15) is 6.54 Å². The maximum absolute atomic E-state index is 13.0. The van der Waals surface area contributed by atoms with Crippen molar-refractivity contribution in [3.8, 4) is 11.5 Å². The first-order valence-corrected chi connectivity index (χ1v) is 11.3. The molecule has 5 aromatic rings. The number of aromatic nitrogens is 3. The average Bonchev–Trinajstić information content (AvgIpc) is 3.45. The number of nitrogens with zero attached hydrogens (tertiary/aromatic N) is 1. The van der Waals surface area contributed by atoms with Gasteiger partial charge < -0.3 is 24.8 Å². The van der Waals surface area contributed by atoms with Gasteiger partial charge in [0.05, 0.1) is 25.3 Å². The van der Waals surface area contributed by atoms with Crippen LogP contribution in [0.2, 0.25) is 0 Å². The quantitative estimate of drug-likeness (QED) is 0.321. The maximum Gasteiger partial charge on any atom is 0.326 e. The molecule has 3 N–H and O–H groups in total. The van der Waals surface area contributed by atoms with Crippen molar-refractivity contribution in [2.24, 2.45) is 0 Å². The van der Waals surface area contributed by atoms with Crippen LogP contribution < -0.4 is 20.5 Å². The number of imidazole rings is 1. The number of methoxy groups -OCH3 is 2. The summed E-state index contributed by atoms with van der Waals surface area (Å²) in [6, 6.07) is 21.1. The SMILES string of the molecule is COc1cccc(C(CNC(=O)Cn2c(=O)[nH]c3ccccc32)c2c[nH]c3ccccc23)c1OC. The fraction of sp³-hybridized carbons (Fsp3) is 0.185. The van der Waals surface area contributed by atoms with Crippen LogP contribution >= 0.6 is 0 Å². The van der Waals surface area contributed by atoms with E-state index in [1.54, 1.807) is 14.2 Å². The van der Waals surface area contributed by atoms with Crippen LogP contribution in [0, 0.1) is 0 Å². The van der Waals surface area contributed by atoms with Gasteiger partial charge in [0.25, 0.3) is 0 Å². The smallest absolute Gasteiger partial charge is 0.326 e. The minimum absolute atomic E-state index is 0.0846. The first-order valence-electron chi connectivity index (χ1n) is 11.3. The molecule has 8 nitrogen and oxygen atoms in total. The lowest BCUT2D eigenvalue weighted by Crippen LogP contribution is -2.34. The third kappa shape index (κ3) is 4.14. The Balaban J connectivity index is 1.48. The predicted octanol–water partition coefficient (Wildman–Crippen LogP) is 3.78. The molecule has 178 valence electrons. The molecule has 3 aromatic carbocycles. The predicted molar refractivity (Wildman–Crippen MR) is 135 cm³/mol. The van der Waals surface area contributed by atoms with Gasteiger partial charge in [-0.1, -0.05) is 42.5 Å². The number of aromatic amines is 2. The third-order valence-electron chi connectivity index (χ3n) is 6.29. The van der Waals surface area contributed by atoms with E-state index in [1.807, 2.05) is 72.9 Å². The molecule has 5 rings (SSSR count). The van der Waals surface area contributed by atoms with Crippen LogP contribution in [0.3, 0.4) is 0 Å². The summed E-state index contributed by atoms with van der Waals surface area (Å²) in [4.78, 5) is 31.5. The lowest BCUT2D eigenvalue weighted by molar-refractivity contribution is -0.121. The van der Waals surface area contributed by atoms with Crippen molar-refractivity contribution in [3.63, 3.8) is 0 Å². The summed E-state index contributed by atoms with van der Waals surface area (Å²) in [5.74, 6) is 0.752. The van der Waals surface area contributed by atoms with E-state index in [2.05, 4.69) is 15.3 Å². The second-order valence-corrected chi connectivity index (χ2v) is 8.26. The van der Waals surface area contributed by atoms with E-state index < -0.39 is 0 Å². The van der Waals surface area contributed by atoms with Gasteiger partial charge >= 0.3 is 5.69 Å². The normalized spacial score (nSPS) is 12.1. The molecule has 0 saturated carbocycles. The number of hydrogen-bond donors (Lipinski definition) is 3. The monoisotopic (exact) mass is 470 g/mol. The Morgan fingerprint density at radius 1 is 0.943 bits per heavy atom. The molecule has 35 heavy (non-hydrogen) atoms. The number of nitrogens with one attached hydrogen (secondary N) is 3. The van der Waals surface area contributed by atoms with Crippen LogP contribution in [0.25, 0.3) is 21.9 Å². The van der Waals surface area contributed by atoms with Crippen LogP contribution in [0.5, 0.6) is 11.5 Å². The van der Waals surface area contributed by atoms with Crippen LogP contribution in [-0.4, -0.2) is 41.2 Å². The van der Waals surface area contributed by atoms with Crippen LogP contribution in [0.4, 0.5) is 0 Å². The Morgan fingerprint density at radius 3 is 2.51 bits per heavy atom. The molecule has 0 aliphatic carbocycles. The number of para-hydroxylation sites is 4. The number of amides is 1. The number of carbonyl (C=O) groups excluding carboxylic acids is 1. The molecule has 0 bridgehead atoms. The molecule has 1 unspecified atom stereocenters. The van der Waals surface area contributed by atoms with E-state index in [1.165, 1.54) is 4.57 Å². The Bertz CT molecular complexity index is 1560. The minimum Gasteiger partial charge on any atom is -0.493 e. The highest BCUT2D eigenvalue weighted by atomic mass is 16.5. The van der Waals surface area contributed by atoms with Crippen LogP contribution in [0.1, 0.15) is 17.0 Å². The Hall–Kier alpha value is -4.46. The van der Waals surface area contributed by atoms with Gasteiger partial charge in [0.2, 0.25) is 5.91 Å². The second-order valence-electron chi connectivity index (χ2n) is 8.26. The first-order chi connectivity index (χ1) is 17.1. The van der Waals surface area contributed by atoms with Crippen molar-refractivity contribution in [2.45, 2.75) is 12.5 Å². The number of H-pyrrole nitrogens is 2. The molecule has 0 fully saturated rings. The fourth-order valence-electron chi connectivity index (χ4n) is 4.64.